The van der Waals surface area contributed by atoms with Crippen molar-refractivity contribution in [3.63, 3.8) is 0 Å². The fourth-order valence-corrected chi connectivity index (χ4v) is 4.15. The Bertz CT molecular complexity index is 1270. The molecule has 0 radical (unpaired) electrons. The van der Waals surface area contributed by atoms with Crippen molar-refractivity contribution in [1.82, 2.24) is 9.78 Å². The van der Waals surface area contributed by atoms with Crippen LogP contribution in [0.25, 0.3) is 5.69 Å². The molecule has 32 heavy (non-hydrogen) atoms. The van der Waals surface area contributed by atoms with E-state index in [-0.39, 0.29) is 22.9 Å². The SMILES string of the molecule is CCOC(=O)c1cnn(-c2cccc(NS(=O)(=O)c3cc(C)ccc3O)c2)c1C(F)(F)F. The minimum Gasteiger partial charge on any atom is -0.507 e. The van der Waals surface area contributed by atoms with E-state index in [2.05, 4.69) is 14.6 Å². The number of halogens is 3. The van der Waals surface area contributed by atoms with Gasteiger partial charge in [-0.2, -0.15) is 18.3 Å². The molecule has 2 N–H and O–H groups in total. The Balaban J connectivity index is 2.03. The van der Waals surface area contributed by atoms with Gasteiger partial charge < -0.3 is 9.84 Å². The van der Waals surface area contributed by atoms with Gasteiger partial charge in [-0.1, -0.05) is 12.1 Å². The summed E-state index contributed by atoms with van der Waals surface area (Å²) in [5, 5.41) is 13.6. The van der Waals surface area contributed by atoms with Gasteiger partial charge in [-0.25, -0.2) is 17.9 Å². The fourth-order valence-electron chi connectivity index (χ4n) is 2.92. The Morgan fingerprint density at radius 1 is 1.22 bits per heavy atom. The molecule has 1 heterocycles. The number of aryl methyl sites for hydroxylation is 1. The smallest absolute Gasteiger partial charge is 0.434 e. The monoisotopic (exact) mass is 469 g/mol. The Labute approximate surface area is 181 Å². The highest BCUT2D eigenvalue weighted by Crippen LogP contribution is 2.34. The Morgan fingerprint density at radius 3 is 2.59 bits per heavy atom. The molecule has 0 bridgehead atoms. The van der Waals surface area contributed by atoms with Gasteiger partial charge >= 0.3 is 12.1 Å². The highest BCUT2D eigenvalue weighted by Gasteiger charge is 2.41. The first-order valence-electron chi connectivity index (χ1n) is 9.19. The van der Waals surface area contributed by atoms with Crippen molar-refractivity contribution in [3.05, 3.63) is 65.5 Å². The van der Waals surface area contributed by atoms with Gasteiger partial charge in [-0.3, -0.25) is 4.72 Å². The molecule has 12 heteroatoms. The second-order valence-corrected chi connectivity index (χ2v) is 8.31. The van der Waals surface area contributed by atoms with Crippen LogP contribution in [-0.2, 0) is 20.9 Å². The molecular formula is C20H18F3N3O5S. The van der Waals surface area contributed by atoms with Crippen LogP contribution in [0.3, 0.4) is 0 Å². The lowest BCUT2D eigenvalue weighted by atomic mass is 10.2. The first-order chi connectivity index (χ1) is 14.9. The first kappa shape index (κ1) is 23.1. The molecule has 0 saturated heterocycles. The average molecular weight is 469 g/mol. The van der Waals surface area contributed by atoms with Crippen LogP contribution in [0.15, 0.2) is 53.6 Å². The number of aromatic hydroxyl groups is 1. The van der Waals surface area contributed by atoms with Crippen LogP contribution in [0.5, 0.6) is 5.75 Å². The number of esters is 1. The van der Waals surface area contributed by atoms with Crippen LogP contribution in [0, 0.1) is 6.92 Å². The molecule has 8 nitrogen and oxygen atoms in total. The van der Waals surface area contributed by atoms with Gasteiger partial charge in [-0.05, 0) is 49.7 Å². The van der Waals surface area contributed by atoms with Crippen molar-refractivity contribution in [2.45, 2.75) is 24.9 Å². The van der Waals surface area contributed by atoms with Gasteiger partial charge in [0.05, 0.1) is 24.2 Å². The number of nitrogens with zero attached hydrogens (tertiary/aromatic N) is 2. The molecule has 0 saturated carbocycles. The van der Waals surface area contributed by atoms with Crippen LogP contribution < -0.4 is 4.72 Å². The van der Waals surface area contributed by atoms with Gasteiger partial charge in [0.2, 0.25) is 0 Å². The van der Waals surface area contributed by atoms with E-state index in [0.29, 0.717) is 10.2 Å². The van der Waals surface area contributed by atoms with Crippen molar-refractivity contribution in [1.29, 1.82) is 0 Å². The maximum absolute atomic E-state index is 13.7. The number of phenolic OH excluding ortho intramolecular Hbond substituents is 1. The molecule has 0 amide bonds. The number of nitrogens with one attached hydrogen (secondary N) is 1. The fraction of sp³-hybridized carbons (Fsp3) is 0.200. The number of aromatic nitrogens is 2. The number of hydrogen-bond donors (Lipinski definition) is 2. The van der Waals surface area contributed by atoms with Crippen molar-refractivity contribution in [2.24, 2.45) is 0 Å². The topological polar surface area (TPSA) is 111 Å². The third-order valence-electron chi connectivity index (χ3n) is 4.28. The number of benzene rings is 2. The number of carbonyl (C=O) groups is 1. The summed E-state index contributed by atoms with van der Waals surface area (Å²) in [4.78, 5) is 11.6. The minimum atomic E-state index is -4.94. The molecule has 0 atom stereocenters. The predicted octanol–water partition coefficient (Wildman–Crippen LogP) is 3.88. The number of alkyl halides is 3. The highest BCUT2D eigenvalue weighted by atomic mass is 32.2. The normalized spacial score (nSPS) is 11.9. The largest absolute Gasteiger partial charge is 0.507 e. The summed E-state index contributed by atoms with van der Waals surface area (Å²) in [7, 11) is -4.25. The lowest BCUT2D eigenvalue weighted by Gasteiger charge is -2.14. The van der Waals surface area contributed by atoms with Crippen LogP contribution in [0.4, 0.5) is 18.9 Å². The summed E-state index contributed by atoms with van der Waals surface area (Å²) in [6, 6.07) is 9.00. The summed E-state index contributed by atoms with van der Waals surface area (Å²) in [6.45, 7) is 2.97. The van der Waals surface area contributed by atoms with Crippen molar-refractivity contribution in [3.8, 4) is 11.4 Å². The number of anilines is 1. The minimum absolute atomic E-state index is 0.0790. The number of carbonyl (C=O) groups excluding carboxylic acids is 1. The second-order valence-electron chi connectivity index (χ2n) is 6.66. The van der Waals surface area contributed by atoms with E-state index in [1.807, 2.05) is 0 Å². The average Bonchev–Trinajstić information content (AvgIpc) is 3.16. The number of ether oxygens (including phenoxy) is 1. The van der Waals surface area contributed by atoms with Gasteiger partial charge in [0, 0.05) is 0 Å². The van der Waals surface area contributed by atoms with Crippen molar-refractivity contribution >= 4 is 21.7 Å². The second kappa shape index (κ2) is 8.54. The van der Waals surface area contributed by atoms with E-state index in [1.165, 1.54) is 43.3 Å². The van der Waals surface area contributed by atoms with Crippen LogP contribution in [0.1, 0.15) is 28.5 Å². The summed E-state index contributed by atoms with van der Waals surface area (Å²) in [5.74, 6) is -1.66. The maximum Gasteiger partial charge on any atom is 0.434 e. The maximum atomic E-state index is 13.7. The number of sulfonamides is 1. The van der Waals surface area contributed by atoms with Crippen LogP contribution in [-0.4, -0.2) is 35.9 Å². The molecule has 1 aromatic heterocycles. The van der Waals surface area contributed by atoms with Crippen molar-refractivity contribution in [2.75, 3.05) is 11.3 Å². The van der Waals surface area contributed by atoms with Crippen LogP contribution in [0.2, 0.25) is 0 Å². The van der Waals surface area contributed by atoms with E-state index >= 15 is 0 Å². The highest BCUT2D eigenvalue weighted by molar-refractivity contribution is 7.92. The molecule has 0 spiro atoms. The zero-order valence-electron chi connectivity index (χ0n) is 16.8. The standard InChI is InChI=1S/C20H18F3N3O5S/c1-3-31-19(28)15-11-24-26(18(15)20(21,22)23)14-6-4-5-13(10-14)25-32(29,30)17-9-12(2)7-8-16(17)27/h4-11,25,27H,3H2,1-2H3. The van der Waals surface area contributed by atoms with E-state index in [4.69, 9.17) is 0 Å². The predicted molar refractivity (Wildman–Crippen MR) is 108 cm³/mol. The van der Waals surface area contributed by atoms with Crippen molar-refractivity contribution < 1.29 is 36.2 Å². The molecule has 170 valence electrons. The molecule has 3 aromatic rings. The Kier molecular flexibility index (Phi) is 6.17. The molecule has 0 unspecified atom stereocenters. The molecule has 0 aliphatic carbocycles. The summed E-state index contributed by atoms with van der Waals surface area (Å²) in [6.07, 6.45) is -4.20. The summed E-state index contributed by atoms with van der Waals surface area (Å²) in [5.41, 5.74) is -1.77. The Hall–Kier alpha value is -3.54. The quantitative estimate of drug-likeness (QED) is 0.530. The van der Waals surface area contributed by atoms with E-state index in [0.717, 1.165) is 12.3 Å². The molecular weight excluding hydrogens is 451 g/mol. The third kappa shape index (κ3) is 4.69. The van der Waals surface area contributed by atoms with E-state index < -0.39 is 39.2 Å². The molecule has 2 aromatic carbocycles. The lowest BCUT2D eigenvalue weighted by Crippen LogP contribution is -2.19. The van der Waals surface area contributed by atoms with E-state index in [9.17, 15) is 31.5 Å². The summed E-state index contributed by atoms with van der Waals surface area (Å²) >= 11 is 0. The zero-order chi connectivity index (χ0) is 23.7. The van der Waals surface area contributed by atoms with E-state index in [1.54, 1.807) is 6.92 Å². The number of phenols is 1. The van der Waals surface area contributed by atoms with Gasteiger partial charge in [0.25, 0.3) is 10.0 Å². The third-order valence-corrected chi connectivity index (χ3v) is 5.69. The van der Waals surface area contributed by atoms with Gasteiger partial charge in [0.1, 0.15) is 16.2 Å². The number of rotatable bonds is 6. The summed E-state index contributed by atoms with van der Waals surface area (Å²) < 4.78 is 73.8. The molecule has 0 aliphatic heterocycles. The van der Waals surface area contributed by atoms with Gasteiger partial charge in [0.15, 0.2) is 5.69 Å². The van der Waals surface area contributed by atoms with Gasteiger partial charge in [-0.15, -0.1) is 0 Å². The molecule has 3 rings (SSSR count). The first-order valence-corrected chi connectivity index (χ1v) is 10.7. The lowest BCUT2D eigenvalue weighted by molar-refractivity contribution is -0.143. The zero-order valence-corrected chi connectivity index (χ0v) is 17.7. The molecule has 0 fully saturated rings. The Morgan fingerprint density at radius 2 is 1.94 bits per heavy atom. The molecule has 0 aliphatic rings. The van der Waals surface area contributed by atoms with Crippen LogP contribution >= 0.6 is 0 Å². The number of hydrogen-bond acceptors (Lipinski definition) is 6.